The van der Waals surface area contributed by atoms with Crippen molar-refractivity contribution in [2.45, 2.75) is 52.6 Å². The molecule has 0 radical (unpaired) electrons. The van der Waals surface area contributed by atoms with Crippen LogP contribution in [-0.4, -0.2) is 13.0 Å². The Morgan fingerprint density at radius 3 is 2.82 bits per heavy atom. The Bertz CT molecular complexity index is 922. The minimum absolute atomic E-state index is 0.0199. The van der Waals surface area contributed by atoms with Gasteiger partial charge in [0.1, 0.15) is 16.9 Å². The highest BCUT2D eigenvalue weighted by atomic mass is 79.9. The van der Waals surface area contributed by atoms with E-state index in [0.29, 0.717) is 11.3 Å². The van der Waals surface area contributed by atoms with E-state index in [-0.39, 0.29) is 12.1 Å². The number of rotatable bonds is 4. The number of hydrogen-bond donors (Lipinski definition) is 2. The molecule has 1 amide bonds. The van der Waals surface area contributed by atoms with E-state index in [1.54, 1.807) is 18.4 Å². The third-order valence-electron chi connectivity index (χ3n) is 6.56. The van der Waals surface area contributed by atoms with E-state index in [2.05, 4.69) is 47.3 Å². The lowest BCUT2D eigenvalue weighted by Gasteiger charge is -2.36. The van der Waals surface area contributed by atoms with Crippen LogP contribution in [0.3, 0.4) is 0 Å². The maximum absolute atomic E-state index is 13.0. The number of thiophene rings is 1. The summed E-state index contributed by atoms with van der Waals surface area (Å²) in [5.74, 6) is 1.45. The number of carbonyl (C=O) groups is 1. The van der Waals surface area contributed by atoms with Crippen molar-refractivity contribution < 1.29 is 9.53 Å². The molecular weight excluding hydrogens is 436 g/mol. The quantitative estimate of drug-likeness (QED) is 0.592. The second kappa shape index (κ2) is 7.38. The van der Waals surface area contributed by atoms with E-state index in [4.69, 9.17) is 4.74 Å². The fourth-order valence-electron chi connectivity index (χ4n) is 4.34. The van der Waals surface area contributed by atoms with Gasteiger partial charge in [0, 0.05) is 14.9 Å². The lowest BCUT2D eigenvalue weighted by atomic mass is 9.69. The van der Waals surface area contributed by atoms with Gasteiger partial charge >= 0.3 is 0 Å². The number of benzene rings is 1. The van der Waals surface area contributed by atoms with Gasteiger partial charge in [-0.2, -0.15) is 0 Å². The molecule has 28 heavy (non-hydrogen) atoms. The third kappa shape index (κ3) is 3.35. The van der Waals surface area contributed by atoms with Crippen molar-refractivity contribution in [3.05, 3.63) is 44.2 Å². The molecule has 150 valence electrons. The summed E-state index contributed by atoms with van der Waals surface area (Å²) in [6.07, 6.45) is 4.12. The van der Waals surface area contributed by atoms with Crippen LogP contribution in [0.5, 0.6) is 5.75 Å². The lowest BCUT2D eigenvalue weighted by molar-refractivity contribution is 0.0934. The normalized spacial score (nSPS) is 21.4. The molecule has 2 heterocycles. The van der Waals surface area contributed by atoms with Gasteiger partial charge in [0.15, 0.2) is 0 Å². The number of methoxy groups -OCH3 is 1. The Morgan fingerprint density at radius 1 is 1.32 bits per heavy atom. The molecule has 2 N–H and O–H groups in total. The van der Waals surface area contributed by atoms with Crippen LogP contribution in [0.2, 0.25) is 0 Å². The Morgan fingerprint density at radius 2 is 2.11 bits per heavy atom. The molecule has 2 atom stereocenters. The van der Waals surface area contributed by atoms with E-state index in [0.717, 1.165) is 45.6 Å². The van der Waals surface area contributed by atoms with Gasteiger partial charge in [0.2, 0.25) is 0 Å². The highest BCUT2D eigenvalue weighted by Crippen LogP contribution is 2.47. The zero-order valence-corrected chi connectivity index (χ0v) is 19.2. The Hall–Kier alpha value is -1.53. The molecule has 0 fully saturated rings. The predicted molar refractivity (Wildman–Crippen MR) is 118 cm³/mol. The highest BCUT2D eigenvalue weighted by molar-refractivity contribution is 9.10. The molecule has 1 aromatic carbocycles. The number of nitrogens with one attached hydrogen (secondary N) is 2. The molecule has 1 aromatic heterocycles. The molecule has 6 heteroatoms. The van der Waals surface area contributed by atoms with Crippen LogP contribution >= 0.6 is 27.3 Å². The zero-order valence-electron chi connectivity index (χ0n) is 16.8. The molecule has 4 rings (SSSR count). The van der Waals surface area contributed by atoms with Gasteiger partial charge in [-0.25, -0.2) is 0 Å². The van der Waals surface area contributed by atoms with Gasteiger partial charge < -0.3 is 15.4 Å². The minimum atomic E-state index is -0.296. The average Bonchev–Trinajstić information content (AvgIpc) is 3.06. The van der Waals surface area contributed by atoms with E-state index in [1.807, 2.05) is 18.2 Å². The van der Waals surface area contributed by atoms with Crippen LogP contribution in [0.15, 0.2) is 22.7 Å². The van der Waals surface area contributed by atoms with Crippen molar-refractivity contribution in [1.82, 2.24) is 5.32 Å². The van der Waals surface area contributed by atoms with Crippen LogP contribution in [0, 0.1) is 11.3 Å². The van der Waals surface area contributed by atoms with E-state index < -0.39 is 0 Å². The van der Waals surface area contributed by atoms with Gasteiger partial charge in [-0.05, 0) is 54.4 Å². The molecule has 0 bridgehead atoms. The number of hydrogen-bond acceptors (Lipinski definition) is 4. The average molecular weight is 463 g/mol. The molecule has 0 saturated heterocycles. The van der Waals surface area contributed by atoms with Crippen LogP contribution in [0.1, 0.15) is 66.1 Å². The molecule has 0 spiro atoms. The first-order chi connectivity index (χ1) is 13.3. The van der Waals surface area contributed by atoms with Crippen LogP contribution in [0.4, 0.5) is 5.00 Å². The van der Waals surface area contributed by atoms with Gasteiger partial charge in [-0.3, -0.25) is 4.79 Å². The second-order valence-corrected chi connectivity index (χ2v) is 10.4. The van der Waals surface area contributed by atoms with Gasteiger partial charge in [0.05, 0.1) is 12.7 Å². The summed E-state index contributed by atoms with van der Waals surface area (Å²) >= 11 is 5.29. The SMILES string of the molecule is CCC(C)(C)[C@@H]1CCc2c(sc3c2C(=O)N[C@H](c2cc(Br)ccc2OC)N3)C1. The standard InChI is InChI=1S/C22H27BrN2O2S/c1-5-22(2,3)12-6-8-14-17(10-12)28-21-18(14)20(26)24-19(25-21)15-11-13(23)7-9-16(15)27-4/h7,9,11-12,19,25H,5-6,8,10H2,1-4H3,(H,24,26)/t12-,19+/m1/s1. The summed E-state index contributed by atoms with van der Waals surface area (Å²) in [6.45, 7) is 7.02. The number of fused-ring (bicyclic) bond motifs is 3. The fraction of sp³-hybridized carbons (Fsp3) is 0.500. The number of amides is 1. The van der Waals surface area contributed by atoms with E-state index >= 15 is 0 Å². The Balaban J connectivity index is 1.66. The van der Waals surface area contributed by atoms with Crippen molar-refractivity contribution in [2.24, 2.45) is 11.3 Å². The maximum Gasteiger partial charge on any atom is 0.256 e. The topological polar surface area (TPSA) is 50.4 Å². The predicted octanol–water partition coefficient (Wildman–Crippen LogP) is 5.91. The summed E-state index contributed by atoms with van der Waals surface area (Å²) in [5.41, 5.74) is 3.38. The second-order valence-electron chi connectivity index (χ2n) is 8.43. The molecule has 0 unspecified atom stereocenters. The summed E-state index contributed by atoms with van der Waals surface area (Å²) in [6, 6.07) is 5.85. The first-order valence-electron chi connectivity index (χ1n) is 9.89. The molecule has 2 aliphatic rings. The van der Waals surface area contributed by atoms with Crippen LogP contribution in [-0.2, 0) is 12.8 Å². The molecule has 4 nitrogen and oxygen atoms in total. The van der Waals surface area contributed by atoms with Gasteiger partial charge in [-0.15, -0.1) is 11.3 Å². The minimum Gasteiger partial charge on any atom is -0.496 e. The van der Waals surface area contributed by atoms with E-state index in [9.17, 15) is 4.79 Å². The number of ether oxygens (including phenoxy) is 1. The number of halogens is 1. The van der Waals surface area contributed by atoms with Gasteiger partial charge in [-0.1, -0.05) is 43.1 Å². The largest absolute Gasteiger partial charge is 0.496 e. The van der Waals surface area contributed by atoms with Crippen molar-refractivity contribution >= 4 is 38.2 Å². The highest BCUT2D eigenvalue weighted by Gasteiger charge is 2.37. The van der Waals surface area contributed by atoms with Crippen molar-refractivity contribution in [2.75, 3.05) is 12.4 Å². The molecule has 0 saturated carbocycles. The van der Waals surface area contributed by atoms with Crippen molar-refractivity contribution in [1.29, 1.82) is 0 Å². The lowest BCUT2D eigenvalue weighted by Crippen LogP contribution is -2.38. The Labute approximate surface area is 179 Å². The summed E-state index contributed by atoms with van der Waals surface area (Å²) in [4.78, 5) is 14.4. The smallest absolute Gasteiger partial charge is 0.256 e. The third-order valence-corrected chi connectivity index (χ3v) is 8.24. The molecule has 2 aromatic rings. The summed E-state index contributed by atoms with van der Waals surface area (Å²) in [5, 5.41) is 7.69. The molecular formula is C22H27BrN2O2S. The monoisotopic (exact) mass is 462 g/mol. The first-order valence-corrected chi connectivity index (χ1v) is 11.5. The Kier molecular flexibility index (Phi) is 5.21. The zero-order chi connectivity index (χ0) is 20.1. The van der Waals surface area contributed by atoms with Crippen molar-refractivity contribution in [3.63, 3.8) is 0 Å². The van der Waals surface area contributed by atoms with E-state index in [1.165, 1.54) is 16.9 Å². The molecule has 1 aliphatic heterocycles. The summed E-state index contributed by atoms with van der Waals surface area (Å²) in [7, 11) is 1.66. The number of carbonyl (C=O) groups excluding carboxylic acids is 1. The summed E-state index contributed by atoms with van der Waals surface area (Å²) < 4.78 is 6.47. The van der Waals surface area contributed by atoms with Gasteiger partial charge in [0.25, 0.3) is 5.91 Å². The maximum atomic E-state index is 13.0. The first kappa shape index (κ1) is 19.8. The number of anilines is 1. The fourth-order valence-corrected chi connectivity index (χ4v) is 6.07. The molecule has 1 aliphatic carbocycles. The van der Waals surface area contributed by atoms with Crippen LogP contribution in [0.25, 0.3) is 0 Å². The van der Waals surface area contributed by atoms with Crippen LogP contribution < -0.4 is 15.4 Å². The van der Waals surface area contributed by atoms with Crippen molar-refractivity contribution in [3.8, 4) is 5.75 Å².